The molecule has 0 fully saturated rings. The summed E-state index contributed by atoms with van der Waals surface area (Å²) in [5.41, 5.74) is 0.0670. The Balaban J connectivity index is 2.95. The van der Waals surface area contributed by atoms with Crippen LogP contribution in [0.5, 0.6) is 0 Å². The molecule has 1 nitrogen and oxygen atoms in total. The van der Waals surface area contributed by atoms with Crippen molar-refractivity contribution in [3.63, 3.8) is 0 Å². The van der Waals surface area contributed by atoms with Crippen LogP contribution in [-0.2, 0) is 0 Å². The van der Waals surface area contributed by atoms with Gasteiger partial charge in [-0.05, 0) is 25.0 Å². The molecule has 0 N–H and O–H groups in total. The highest BCUT2D eigenvalue weighted by Gasteiger charge is 2.20. The predicted molar refractivity (Wildman–Crippen MR) is 69.0 cm³/mol. The molecule has 1 aromatic rings. The molecule has 1 atom stereocenters. The molecule has 0 aromatic heterocycles. The van der Waals surface area contributed by atoms with Crippen molar-refractivity contribution in [3.05, 3.63) is 34.4 Å². The van der Waals surface area contributed by atoms with E-state index >= 15 is 0 Å². The lowest BCUT2D eigenvalue weighted by Crippen LogP contribution is -2.14. The highest BCUT2D eigenvalue weighted by molar-refractivity contribution is 6.31. The molecule has 0 aliphatic heterocycles. The Hall–Kier alpha value is -0.960. The van der Waals surface area contributed by atoms with Gasteiger partial charge in [0.05, 0.1) is 0 Å². The van der Waals surface area contributed by atoms with Gasteiger partial charge in [-0.25, -0.2) is 8.78 Å². The van der Waals surface area contributed by atoms with E-state index in [1.54, 1.807) is 0 Å². The maximum absolute atomic E-state index is 13.3. The van der Waals surface area contributed by atoms with Gasteiger partial charge in [-0.3, -0.25) is 4.79 Å². The van der Waals surface area contributed by atoms with Crippen LogP contribution in [0.15, 0.2) is 12.1 Å². The molecular weight excluding hydrogens is 258 g/mol. The monoisotopic (exact) mass is 274 g/mol. The Kier molecular flexibility index (Phi) is 5.73. The second-order valence-electron chi connectivity index (χ2n) is 4.37. The van der Waals surface area contributed by atoms with Gasteiger partial charge in [-0.2, -0.15) is 0 Å². The van der Waals surface area contributed by atoms with E-state index in [4.69, 9.17) is 11.6 Å². The van der Waals surface area contributed by atoms with E-state index in [9.17, 15) is 13.6 Å². The average Bonchev–Trinajstić information content (AvgIpc) is 2.36. The smallest absolute Gasteiger partial charge is 0.166 e. The minimum atomic E-state index is -0.884. The Bertz CT molecular complexity index is 409. The maximum Gasteiger partial charge on any atom is 0.166 e. The van der Waals surface area contributed by atoms with Gasteiger partial charge in [-0.1, -0.05) is 38.3 Å². The second-order valence-corrected chi connectivity index (χ2v) is 4.74. The number of carbonyl (C=O) groups excluding carboxylic acids is 1. The van der Waals surface area contributed by atoms with E-state index in [0.717, 1.165) is 31.4 Å². The van der Waals surface area contributed by atoms with Gasteiger partial charge in [0.25, 0.3) is 0 Å². The molecule has 1 unspecified atom stereocenters. The fourth-order valence-corrected chi connectivity index (χ4v) is 2.01. The molecule has 100 valence electrons. The molecule has 0 radical (unpaired) electrons. The second kappa shape index (κ2) is 6.83. The molecular formula is C14H17ClF2O. The van der Waals surface area contributed by atoms with Crippen molar-refractivity contribution in [2.75, 3.05) is 0 Å². The summed E-state index contributed by atoms with van der Waals surface area (Å²) in [4.78, 5) is 12.1. The zero-order valence-electron chi connectivity index (χ0n) is 10.6. The van der Waals surface area contributed by atoms with E-state index in [1.165, 1.54) is 0 Å². The first kappa shape index (κ1) is 15.1. The molecule has 0 aliphatic rings. The van der Waals surface area contributed by atoms with Crippen LogP contribution in [0.2, 0.25) is 5.02 Å². The lowest BCUT2D eigenvalue weighted by Gasteiger charge is -2.13. The fraction of sp³-hybridized carbons (Fsp3) is 0.500. The number of unbranched alkanes of at least 4 members (excludes halogenated alkanes) is 1. The molecule has 0 saturated carbocycles. The summed E-state index contributed by atoms with van der Waals surface area (Å²) in [6, 6.07) is 2.03. The van der Waals surface area contributed by atoms with Crippen LogP contribution in [-0.4, -0.2) is 5.78 Å². The van der Waals surface area contributed by atoms with Gasteiger partial charge in [-0.15, -0.1) is 0 Å². The van der Waals surface area contributed by atoms with E-state index in [2.05, 4.69) is 0 Å². The van der Waals surface area contributed by atoms with Crippen LogP contribution in [0.3, 0.4) is 0 Å². The van der Waals surface area contributed by atoms with E-state index in [1.807, 2.05) is 13.8 Å². The van der Waals surface area contributed by atoms with E-state index in [-0.39, 0.29) is 17.3 Å². The van der Waals surface area contributed by atoms with Crippen molar-refractivity contribution in [2.24, 2.45) is 5.92 Å². The Morgan fingerprint density at radius 2 is 1.83 bits per heavy atom. The third-order valence-electron chi connectivity index (χ3n) is 3.04. The first-order valence-electron chi connectivity index (χ1n) is 6.20. The number of halogens is 3. The van der Waals surface area contributed by atoms with Crippen LogP contribution < -0.4 is 0 Å². The van der Waals surface area contributed by atoms with Gasteiger partial charge in [0.15, 0.2) is 5.78 Å². The summed E-state index contributed by atoms with van der Waals surface area (Å²) in [7, 11) is 0. The summed E-state index contributed by atoms with van der Waals surface area (Å²) in [6.07, 6.45) is 3.35. The maximum atomic E-state index is 13.3. The van der Waals surface area contributed by atoms with Gasteiger partial charge in [0, 0.05) is 11.5 Å². The Morgan fingerprint density at radius 1 is 1.28 bits per heavy atom. The summed E-state index contributed by atoms with van der Waals surface area (Å²) >= 11 is 5.39. The van der Waals surface area contributed by atoms with Crippen molar-refractivity contribution >= 4 is 17.4 Å². The number of ketones is 1. The summed E-state index contributed by atoms with van der Waals surface area (Å²) in [5.74, 6) is -2.15. The highest BCUT2D eigenvalue weighted by Crippen LogP contribution is 2.24. The number of carbonyl (C=O) groups is 1. The number of hydrogen-bond donors (Lipinski definition) is 0. The number of rotatable bonds is 6. The molecule has 4 heteroatoms. The fourth-order valence-electron chi connectivity index (χ4n) is 1.90. The zero-order chi connectivity index (χ0) is 13.7. The first-order chi connectivity index (χ1) is 8.51. The van der Waals surface area contributed by atoms with Gasteiger partial charge < -0.3 is 0 Å². The molecule has 1 aromatic carbocycles. The normalized spacial score (nSPS) is 12.5. The van der Waals surface area contributed by atoms with E-state index < -0.39 is 16.7 Å². The molecule has 0 heterocycles. The predicted octanol–water partition coefficient (Wildman–Crippen LogP) is 5.02. The van der Waals surface area contributed by atoms with Crippen LogP contribution in [0.25, 0.3) is 0 Å². The molecule has 0 amide bonds. The molecule has 18 heavy (non-hydrogen) atoms. The summed E-state index contributed by atoms with van der Waals surface area (Å²) < 4.78 is 26.6. The Labute approximate surface area is 111 Å². The Morgan fingerprint density at radius 3 is 2.28 bits per heavy atom. The third-order valence-corrected chi connectivity index (χ3v) is 3.40. The molecule has 0 spiro atoms. The van der Waals surface area contributed by atoms with Crippen molar-refractivity contribution in [1.82, 2.24) is 0 Å². The highest BCUT2D eigenvalue weighted by atomic mass is 35.5. The average molecular weight is 275 g/mol. The third kappa shape index (κ3) is 3.52. The van der Waals surface area contributed by atoms with Crippen molar-refractivity contribution < 1.29 is 13.6 Å². The minimum absolute atomic E-state index is 0.0670. The van der Waals surface area contributed by atoms with Gasteiger partial charge >= 0.3 is 0 Å². The lowest BCUT2D eigenvalue weighted by molar-refractivity contribution is 0.0907. The molecule has 0 bridgehead atoms. The van der Waals surface area contributed by atoms with Crippen molar-refractivity contribution in [1.29, 1.82) is 0 Å². The molecule has 1 rings (SSSR count). The lowest BCUT2D eigenvalue weighted by atomic mass is 9.90. The van der Waals surface area contributed by atoms with Crippen molar-refractivity contribution in [2.45, 2.75) is 39.5 Å². The number of benzene rings is 1. The number of hydrogen-bond acceptors (Lipinski definition) is 1. The molecule has 0 aliphatic carbocycles. The minimum Gasteiger partial charge on any atom is -0.294 e. The SMILES string of the molecule is CCCCC(CC)C(=O)c1cc(F)c(Cl)c(F)c1. The topological polar surface area (TPSA) is 17.1 Å². The first-order valence-corrected chi connectivity index (χ1v) is 6.57. The van der Waals surface area contributed by atoms with Crippen LogP contribution in [0.1, 0.15) is 49.9 Å². The van der Waals surface area contributed by atoms with Crippen LogP contribution >= 0.6 is 11.6 Å². The van der Waals surface area contributed by atoms with E-state index in [0.29, 0.717) is 6.42 Å². The largest absolute Gasteiger partial charge is 0.294 e. The van der Waals surface area contributed by atoms with Crippen LogP contribution in [0, 0.1) is 17.6 Å². The van der Waals surface area contributed by atoms with Crippen molar-refractivity contribution in [3.8, 4) is 0 Å². The van der Waals surface area contributed by atoms with Crippen LogP contribution in [0.4, 0.5) is 8.78 Å². The zero-order valence-corrected chi connectivity index (χ0v) is 11.4. The summed E-state index contributed by atoms with van der Waals surface area (Å²) in [5, 5.41) is -0.562. The molecule has 0 saturated heterocycles. The van der Waals surface area contributed by atoms with Gasteiger partial charge in [0.2, 0.25) is 0 Å². The van der Waals surface area contributed by atoms with Gasteiger partial charge in [0.1, 0.15) is 16.7 Å². The quantitative estimate of drug-likeness (QED) is 0.526. The number of Topliss-reactive ketones (excluding diaryl/α,β-unsaturated/α-hetero) is 1. The standard InChI is InChI=1S/C14H17ClF2O/c1-3-5-6-9(4-2)14(18)10-7-11(16)13(15)12(17)8-10/h7-9H,3-6H2,1-2H3. The summed E-state index contributed by atoms with van der Waals surface area (Å²) in [6.45, 7) is 3.94.